The maximum atomic E-state index is 12.1. The third-order valence-corrected chi connectivity index (χ3v) is 3.63. The number of halogens is 1. The fourth-order valence-corrected chi connectivity index (χ4v) is 2.36. The topological polar surface area (TPSA) is 64.1 Å². The van der Waals surface area contributed by atoms with Crippen LogP contribution in [0.4, 0.5) is 5.69 Å². The number of amides is 1. The predicted octanol–water partition coefficient (Wildman–Crippen LogP) is 4.00. The van der Waals surface area contributed by atoms with Crippen LogP contribution in [0, 0.1) is 0 Å². The fourth-order valence-electron chi connectivity index (χ4n) is 2.21. The monoisotopic (exact) mass is 353 g/mol. The number of hydrogen-bond acceptors (Lipinski definition) is 4. The summed E-state index contributed by atoms with van der Waals surface area (Å²) in [5.41, 5.74) is 2.03. The highest BCUT2D eigenvalue weighted by Gasteiger charge is 2.09. The second-order valence-corrected chi connectivity index (χ2v) is 5.68. The molecule has 0 unspecified atom stereocenters. The van der Waals surface area contributed by atoms with Gasteiger partial charge in [-0.1, -0.05) is 41.9 Å². The zero-order valence-corrected chi connectivity index (χ0v) is 14.1. The van der Waals surface area contributed by atoms with Crippen LogP contribution in [-0.4, -0.2) is 22.5 Å². The van der Waals surface area contributed by atoms with Crippen molar-refractivity contribution in [3.8, 4) is 5.75 Å². The van der Waals surface area contributed by atoms with E-state index in [-0.39, 0.29) is 16.8 Å². The molecule has 3 aromatic rings. The fraction of sp³-hybridized carbons (Fsp3) is 0.105. The summed E-state index contributed by atoms with van der Waals surface area (Å²) in [6.45, 7) is 0.591. The van der Waals surface area contributed by atoms with Crippen molar-refractivity contribution in [2.45, 2.75) is 6.42 Å². The molecule has 0 radical (unpaired) electrons. The van der Waals surface area contributed by atoms with Crippen molar-refractivity contribution >= 4 is 23.2 Å². The molecule has 126 valence electrons. The number of hydrogen-bond donors (Lipinski definition) is 1. The standard InChI is InChI=1S/C19H16ClN3O2/c20-18-13-21-12-17(23-18)19(24)22-15-6-8-16(9-7-15)25-11-10-14-4-2-1-3-5-14/h1-9,12-13H,10-11H2,(H,22,24). The quantitative estimate of drug-likeness (QED) is 0.727. The molecule has 0 saturated carbocycles. The van der Waals surface area contributed by atoms with E-state index in [2.05, 4.69) is 27.4 Å². The largest absolute Gasteiger partial charge is 0.493 e. The molecule has 1 aromatic heterocycles. The Kier molecular flexibility index (Phi) is 5.59. The summed E-state index contributed by atoms with van der Waals surface area (Å²) in [6.07, 6.45) is 3.58. The summed E-state index contributed by atoms with van der Waals surface area (Å²) in [6, 6.07) is 17.3. The van der Waals surface area contributed by atoms with Crippen LogP contribution in [0.2, 0.25) is 5.15 Å². The number of nitrogens with zero attached hydrogens (tertiary/aromatic N) is 2. The number of benzene rings is 2. The van der Waals surface area contributed by atoms with Gasteiger partial charge in [0.05, 0.1) is 19.0 Å². The molecule has 6 heteroatoms. The van der Waals surface area contributed by atoms with E-state index in [9.17, 15) is 4.79 Å². The zero-order chi connectivity index (χ0) is 17.5. The number of ether oxygens (including phenoxy) is 1. The van der Waals surface area contributed by atoms with E-state index in [1.165, 1.54) is 18.0 Å². The molecule has 5 nitrogen and oxygen atoms in total. The lowest BCUT2D eigenvalue weighted by atomic mass is 10.2. The number of carbonyl (C=O) groups is 1. The molecule has 0 fully saturated rings. The van der Waals surface area contributed by atoms with E-state index in [1.807, 2.05) is 30.3 Å². The summed E-state index contributed by atoms with van der Waals surface area (Å²) in [7, 11) is 0. The molecule has 0 aliphatic heterocycles. The van der Waals surface area contributed by atoms with Gasteiger partial charge in [0, 0.05) is 12.1 Å². The Balaban J connectivity index is 1.52. The van der Waals surface area contributed by atoms with E-state index in [0.717, 1.165) is 12.2 Å². The van der Waals surface area contributed by atoms with E-state index in [0.29, 0.717) is 12.3 Å². The molecule has 0 aliphatic rings. The molecule has 0 saturated heterocycles. The minimum atomic E-state index is -0.368. The Bertz CT molecular complexity index is 839. The van der Waals surface area contributed by atoms with Crippen LogP contribution in [0.1, 0.15) is 16.1 Å². The average Bonchev–Trinajstić information content (AvgIpc) is 2.64. The third-order valence-electron chi connectivity index (χ3n) is 3.45. The van der Waals surface area contributed by atoms with Crippen LogP contribution in [0.3, 0.4) is 0 Å². The smallest absolute Gasteiger partial charge is 0.275 e. The van der Waals surface area contributed by atoms with Gasteiger partial charge in [-0.2, -0.15) is 0 Å². The first-order valence-electron chi connectivity index (χ1n) is 7.76. The van der Waals surface area contributed by atoms with Gasteiger partial charge in [0.1, 0.15) is 16.6 Å². The minimum Gasteiger partial charge on any atom is -0.493 e. The van der Waals surface area contributed by atoms with Gasteiger partial charge in [0.25, 0.3) is 5.91 Å². The second kappa shape index (κ2) is 8.26. The molecule has 1 N–H and O–H groups in total. The SMILES string of the molecule is O=C(Nc1ccc(OCCc2ccccc2)cc1)c1cncc(Cl)n1. The highest BCUT2D eigenvalue weighted by Crippen LogP contribution is 2.17. The molecule has 1 amide bonds. The highest BCUT2D eigenvalue weighted by atomic mass is 35.5. The summed E-state index contributed by atoms with van der Waals surface area (Å²) in [5, 5.41) is 2.91. The molecule has 0 atom stereocenters. The molecule has 2 aromatic carbocycles. The van der Waals surface area contributed by atoms with Gasteiger partial charge in [-0.3, -0.25) is 9.78 Å². The summed E-state index contributed by atoms with van der Waals surface area (Å²) in [4.78, 5) is 19.8. The van der Waals surface area contributed by atoms with Gasteiger partial charge < -0.3 is 10.1 Å². The maximum absolute atomic E-state index is 12.1. The average molecular weight is 354 g/mol. The lowest BCUT2D eigenvalue weighted by Crippen LogP contribution is -2.14. The van der Waals surface area contributed by atoms with Crippen LogP contribution in [0.25, 0.3) is 0 Å². The van der Waals surface area contributed by atoms with Crippen molar-refractivity contribution in [2.75, 3.05) is 11.9 Å². The first-order valence-corrected chi connectivity index (χ1v) is 8.14. The predicted molar refractivity (Wildman–Crippen MR) is 97.1 cm³/mol. The van der Waals surface area contributed by atoms with Crippen molar-refractivity contribution in [1.82, 2.24) is 9.97 Å². The molecule has 25 heavy (non-hydrogen) atoms. The van der Waals surface area contributed by atoms with E-state index in [1.54, 1.807) is 12.1 Å². The Morgan fingerprint density at radius 1 is 1.04 bits per heavy atom. The Morgan fingerprint density at radius 3 is 2.52 bits per heavy atom. The van der Waals surface area contributed by atoms with Crippen molar-refractivity contribution in [1.29, 1.82) is 0 Å². The van der Waals surface area contributed by atoms with Gasteiger partial charge in [0.2, 0.25) is 0 Å². The van der Waals surface area contributed by atoms with Crippen molar-refractivity contribution in [3.05, 3.63) is 83.4 Å². The molecular formula is C19H16ClN3O2. The van der Waals surface area contributed by atoms with Gasteiger partial charge >= 0.3 is 0 Å². The Labute approximate surface area is 150 Å². The number of carbonyl (C=O) groups excluding carboxylic acids is 1. The summed E-state index contributed by atoms with van der Waals surface area (Å²) in [5.74, 6) is 0.379. The summed E-state index contributed by atoms with van der Waals surface area (Å²) < 4.78 is 5.72. The molecular weight excluding hydrogens is 338 g/mol. The van der Waals surface area contributed by atoms with Crippen LogP contribution < -0.4 is 10.1 Å². The van der Waals surface area contributed by atoms with Gasteiger partial charge in [-0.15, -0.1) is 0 Å². The number of aromatic nitrogens is 2. The van der Waals surface area contributed by atoms with Crippen LogP contribution in [0.15, 0.2) is 67.0 Å². The van der Waals surface area contributed by atoms with E-state index < -0.39 is 0 Å². The molecule has 3 rings (SSSR count). The first-order chi connectivity index (χ1) is 12.2. The third kappa shape index (κ3) is 5.02. The highest BCUT2D eigenvalue weighted by molar-refractivity contribution is 6.29. The minimum absolute atomic E-state index is 0.163. The van der Waals surface area contributed by atoms with Crippen molar-refractivity contribution in [2.24, 2.45) is 0 Å². The van der Waals surface area contributed by atoms with E-state index >= 15 is 0 Å². The lowest BCUT2D eigenvalue weighted by Gasteiger charge is -2.08. The first kappa shape index (κ1) is 16.9. The molecule has 0 aliphatic carbocycles. The number of rotatable bonds is 6. The molecule has 0 bridgehead atoms. The van der Waals surface area contributed by atoms with E-state index in [4.69, 9.17) is 16.3 Å². The van der Waals surface area contributed by atoms with Crippen molar-refractivity contribution in [3.63, 3.8) is 0 Å². The zero-order valence-electron chi connectivity index (χ0n) is 13.4. The van der Waals surface area contributed by atoms with Crippen molar-refractivity contribution < 1.29 is 9.53 Å². The normalized spacial score (nSPS) is 10.3. The molecule has 1 heterocycles. The Morgan fingerprint density at radius 2 is 1.80 bits per heavy atom. The number of anilines is 1. The maximum Gasteiger partial charge on any atom is 0.275 e. The second-order valence-electron chi connectivity index (χ2n) is 5.29. The van der Waals surface area contributed by atoms with Gasteiger partial charge in [-0.25, -0.2) is 4.98 Å². The summed E-state index contributed by atoms with van der Waals surface area (Å²) >= 11 is 5.74. The van der Waals surface area contributed by atoms with Gasteiger partial charge in [-0.05, 0) is 29.8 Å². The van der Waals surface area contributed by atoms with Crippen LogP contribution >= 0.6 is 11.6 Å². The molecule has 0 spiro atoms. The van der Waals surface area contributed by atoms with Crippen LogP contribution in [-0.2, 0) is 6.42 Å². The lowest BCUT2D eigenvalue weighted by molar-refractivity contribution is 0.102. The van der Waals surface area contributed by atoms with Gasteiger partial charge in [0.15, 0.2) is 0 Å². The Hall–Kier alpha value is -2.92. The number of nitrogens with one attached hydrogen (secondary N) is 1. The van der Waals surface area contributed by atoms with Crippen LogP contribution in [0.5, 0.6) is 5.75 Å².